The summed E-state index contributed by atoms with van der Waals surface area (Å²) in [5.41, 5.74) is 1.60. The van der Waals surface area contributed by atoms with Crippen LogP contribution in [-0.2, 0) is 21.9 Å². The highest BCUT2D eigenvalue weighted by Gasteiger charge is 2.17. The summed E-state index contributed by atoms with van der Waals surface area (Å²) in [7, 11) is 0. The minimum Gasteiger partial charge on any atom is -0.481 e. The standard InChI is InChI=1S/C12H13ClO5/c13-6-9-2-1-8(11(16)12(17)18)5-7(9)3-4-10(14)15/h1-2,5,11,16H,3-4,6H2,(H,14,15)(H,17,18). The predicted molar refractivity (Wildman–Crippen MR) is 64.6 cm³/mol. The van der Waals surface area contributed by atoms with E-state index < -0.39 is 18.0 Å². The third-order valence-corrected chi connectivity index (χ3v) is 2.82. The van der Waals surface area contributed by atoms with Crippen molar-refractivity contribution in [2.24, 2.45) is 0 Å². The molecule has 0 aliphatic rings. The Morgan fingerprint density at radius 1 is 1.22 bits per heavy atom. The Kier molecular flexibility index (Phi) is 5.12. The number of carbonyl (C=O) groups is 2. The highest BCUT2D eigenvalue weighted by atomic mass is 35.5. The van der Waals surface area contributed by atoms with Gasteiger partial charge in [-0.2, -0.15) is 0 Å². The van der Waals surface area contributed by atoms with Gasteiger partial charge in [0, 0.05) is 12.3 Å². The SMILES string of the molecule is O=C(O)CCc1cc(C(O)C(=O)O)ccc1CCl. The van der Waals surface area contributed by atoms with Crippen molar-refractivity contribution in [1.82, 2.24) is 0 Å². The van der Waals surface area contributed by atoms with Crippen molar-refractivity contribution in [3.8, 4) is 0 Å². The zero-order chi connectivity index (χ0) is 13.7. The van der Waals surface area contributed by atoms with Crippen molar-refractivity contribution in [3.05, 3.63) is 34.9 Å². The molecule has 1 unspecified atom stereocenters. The molecule has 0 saturated carbocycles. The van der Waals surface area contributed by atoms with E-state index in [1.807, 2.05) is 0 Å². The van der Waals surface area contributed by atoms with Crippen LogP contribution in [0.1, 0.15) is 29.2 Å². The van der Waals surface area contributed by atoms with Crippen LogP contribution in [0, 0.1) is 0 Å². The lowest BCUT2D eigenvalue weighted by Gasteiger charge is -2.11. The van der Waals surface area contributed by atoms with Gasteiger partial charge >= 0.3 is 11.9 Å². The molecule has 0 aromatic heterocycles. The number of hydrogen-bond acceptors (Lipinski definition) is 3. The topological polar surface area (TPSA) is 94.8 Å². The van der Waals surface area contributed by atoms with Crippen molar-refractivity contribution >= 4 is 23.5 Å². The number of aliphatic carboxylic acids is 2. The monoisotopic (exact) mass is 272 g/mol. The lowest BCUT2D eigenvalue weighted by atomic mass is 9.98. The van der Waals surface area contributed by atoms with Gasteiger partial charge in [-0.1, -0.05) is 18.2 Å². The molecular weight excluding hydrogens is 260 g/mol. The number of aryl methyl sites for hydroxylation is 1. The lowest BCUT2D eigenvalue weighted by Crippen LogP contribution is -2.11. The maximum atomic E-state index is 10.7. The van der Waals surface area contributed by atoms with Gasteiger partial charge in [-0.15, -0.1) is 11.6 Å². The molecule has 1 aromatic rings. The summed E-state index contributed by atoms with van der Waals surface area (Å²) in [5, 5.41) is 26.7. The summed E-state index contributed by atoms with van der Waals surface area (Å²) in [4.78, 5) is 21.2. The molecular formula is C12H13ClO5. The van der Waals surface area contributed by atoms with E-state index in [0.29, 0.717) is 5.56 Å². The fourth-order valence-corrected chi connectivity index (χ4v) is 1.82. The van der Waals surface area contributed by atoms with E-state index in [4.69, 9.17) is 21.8 Å². The number of aliphatic hydroxyl groups is 1. The molecule has 98 valence electrons. The number of benzene rings is 1. The molecule has 1 rings (SSSR count). The summed E-state index contributed by atoms with van der Waals surface area (Å²) in [6.07, 6.45) is -1.44. The summed E-state index contributed by atoms with van der Waals surface area (Å²) in [5.74, 6) is -2.09. The molecule has 0 heterocycles. The molecule has 0 saturated heterocycles. The van der Waals surface area contributed by atoms with Gasteiger partial charge in [-0.3, -0.25) is 4.79 Å². The van der Waals surface area contributed by atoms with Crippen molar-refractivity contribution in [2.75, 3.05) is 0 Å². The molecule has 0 bridgehead atoms. The van der Waals surface area contributed by atoms with E-state index in [9.17, 15) is 14.7 Å². The number of halogens is 1. The summed E-state index contributed by atoms with van der Waals surface area (Å²) in [6, 6.07) is 4.56. The smallest absolute Gasteiger partial charge is 0.337 e. The molecule has 3 N–H and O–H groups in total. The lowest BCUT2D eigenvalue weighted by molar-refractivity contribution is -0.147. The molecule has 5 nitrogen and oxygen atoms in total. The molecule has 18 heavy (non-hydrogen) atoms. The Hall–Kier alpha value is -1.59. The van der Waals surface area contributed by atoms with Gasteiger partial charge in [-0.05, 0) is 23.1 Å². The Morgan fingerprint density at radius 2 is 1.89 bits per heavy atom. The first-order chi connectivity index (χ1) is 8.45. The maximum Gasteiger partial charge on any atom is 0.337 e. The van der Waals surface area contributed by atoms with Gasteiger partial charge in [0.1, 0.15) is 0 Å². The normalized spacial score (nSPS) is 12.1. The zero-order valence-corrected chi connectivity index (χ0v) is 10.2. The van der Waals surface area contributed by atoms with Crippen LogP contribution < -0.4 is 0 Å². The second-order valence-electron chi connectivity index (χ2n) is 3.80. The average Bonchev–Trinajstić information content (AvgIpc) is 2.34. The van der Waals surface area contributed by atoms with Gasteiger partial charge in [0.05, 0.1) is 0 Å². The van der Waals surface area contributed by atoms with Gasteiger partial charge in [-0.25, -0.2) is 4.79 Å². The van der Waals surface area contributed by atoms with Crippen LogP contribution >= 0.6 is 11.6 Å². The van der Waals surface area contributed by atoms with E-state index in [1.54, 1.807) is 6.07 Å². The minimum atomic E-state index is -1.61. The number of alkyl halides is 1. The third-order valence-electron chi connectivity index (χ3n) is 2.53. The number of aliphatic hydroxyl groups excluding tert-OH is 1. The predicted octanol–water partition coefficient (Wildman–Crippen LogP) is 1.56. The van der Waals surface area contributed by atoms with Crippen LogP contribution in [0.4, 0.5) is 0 Å². The Balaban J connectivity index is 3.01. The molecule has 0 amide bonds. The molecule has 6 heteroatoms. The number of rotatable bonds is 6. The van der Waals surface area contributed by atoms with Crippen LogP contribution in [0.2, 0.25) is 0 Å². The van der Waals surface area contributed by atoms with Crippen molar-refractivity contribution in [1.29, 1.82) is 0 Å². The molecule has 0 aliphatic carbocycles. The van der Waals surface area contributed by atoms with E-state index in [-0.39, 0.29) is 24.3 Å². The van der Waals surface area contributed by atoms with Gasteiger partial charge in [0.15, 0.2) is 6.10 Å². The Labute approximate surface area is 109 Å². The van der Waals surface area contributed by atoms with Crippen molar-refractivity contribution < 1.29 is 24.9 Å². The van der Waals surface area contributed by atoms with Crippen LogP contribution in [0.15, 0.2) is 18.2 Å². The van der Waals surface area contributed by atoms with Crippen molar-refractivity contribution in [2.45, 2.75) is 24.8 Å². The molecule has 0 spiro atoms. The van der Waals surface area contributed by atoms with Crippen molar-refractivity contribution in [3.63, 3.8) is 0 Å². The van der Waals surface area contributed by atoms with Gasteiger partial charge < -0.3 is 15.3 Å². The highest BCUT2D eigenvalue weighted by Crippen LogP contribution is 2.21. The van der Waals surface area contributed by atoms with Gasteiger partial charge in [0.2, 0.25) is 0 Å². The molecule has 1 aromatic carbocycles. The van der Waals surface area contributed by atoms with E-state index in [1.165, 1.54) is 12.1 Å². The largest absolute Gasteiger partial charge is 0.481 e. The third kappa shape index (κ3) is 3.72. The highest BCUT2D eigenvalue weighted by molar-refractivity contribution is 6.17. The van der Waals surface area contributed by atoms with E-state index >= 15 is 0 Å². The Bertz CT molecular complexity index is 458. The fraction of sp³-hybridized carbons (Fsp3) is 0.333. The number of hydrogen-bond donors (Lipinski definition) is 3. The number of carboxylic acid groups (broad SMARTS) is 2. The second kappa shape index (κ2) is 6.37. The first kappa shape index (κ1) is 14.5. The summed E-state index contributed by atoms with van der Waals surface area (Å²) >= 11 is 5.72. The fourth-order valence-electron chi connectivity index (χ4n) is 1.56. The maximum absolute atomic E-state index is 10.7. The van der Waals surface area contributed by atoms with E-state index in [2.05, 4.69) is 0 Å². The van der Waals surface area contributed by atoms with E-state index in [0.717, 1.165) is 5.56 Å². The zero-order valence-electron chi connectivity index (χ0n) is 9.47. The summed E-state index contributed by atoms with van der Waals surface area (Å²) in [6.45, 7) is 0. The minimum absolute atomic E-state index is 0.0729. The molecule has 1 atom stereocenters. The van der Waals surface area contributed by atoms with Crippen LogP contribution in [0.3, 0.4) is 0 Å². The molecule has 0 radical (unpaired) electrons. The first-order valence-corrected chi connectivity index (χ1v) is 5.79. The van der Waals surface area contributed by atoms with Crippen LogP contribution in [-0.4, -0.2) is 27.3 Å². The first-order valence-electron chi connectivity index (χ1n) is 5.26. The number of carboxylic acids is 2. The molecule has 0 aliphatic heterocycles. The molecule has 0 fully saturated rings. The van der Waals surface area contributed by atoms with Crippen LogP contribution in [0.25, 0.3) is 0 Å². The quantitative estimate of drug-likeness (QED) is 0.683. The Morgan fingerprint density at radius 3 is 2.39 bits per heavy atom. The average molecular weight is 273 g/mol. The second-order valence-corrected chi connectivity index (χ2v) is 4.06. The summed E-state index contributed by atoms with van der Waals surface area (Å²) < 4.78 is 0. The van der Waals surface area contributed by atoms with Gasteiger partial charge in [0.25, 0.3) is 0 Å². The van der Waals surface area contributed by atoms with Crippen LogP contribution in [0.5, 0.6) is 0 Å².